The fourth-order valence-electron chi connectivity index (χ4n) is 1.04. The maximum absolute atomic E-state index is 3.59. The van der Waals surface area contributed by atoms with E-state index in [0.29, 0.717) is 4.16 Å². The molecule has 12 heavy (non-hydrogen) atoms. The van der Waals surface area contributed by atoms with E-state index in [1.54, 1.807) is 11.3 Å². The van der Waals surface area contributed by atoms with Crippen LogP contribution in [0.4, 0.5) is 0 Å². The number of halogens is 2. The monoisotopic (exact) mass is 324 g/mol. The zero-order valence-electron chi connectivity index (χ0n) is 6.09. The molecule has 64 valence electrons. The third-order valence-corrected chi connectivity index (χ3v) is 5.37. The van der Waals surface area contributed by atoms with Gasteiger partial charge in [-0.1, -0.05) is 22.0 Å². The standard InChI is InChI=1S/C8H6Br2S2/c9-7-3-1-5(11-7)6-2-4-8(10)12-6/h1-3,8H,4H2. The average molecular weight is 326 g/mol. The topological polar surface area (TPSA) is 0 Å². The van der Waals surface area contributed by atoms with Gasteiger partial charge in [-0.15, -0.1) is 23.1 Å². The Morgan fingerprint density at radius 1 is 1.42 bits per heavy atom. The summed E-state index contributed by atoms with van der Waals surface area (Å²) in [7, 11) is 0. The van der Waals surface area contributed by atoms with Crippen molar-refractivity contribution in [1.29, 1.82) is 0 Å². The summed E-state index contributed by atoms with van der Waals surface area (Å²) in [5, 5.41) is 0. The molecule has 0 N–H and O–H groups in total. The minimum atomic E-state index is 0.577. The molecular formula is C8H6Br2S2. The van der Waals surface area contributed by atoms with Crippen LogP contribution in [0.25, 0.3) is 4.91 Å². The number of thiophene rings is 1. The van der Waals surface area contributed by atoms with Crippen molar-refractivity contribution >= 4 is 59.9 Å². The Balaban J connectivity index is 2.21. The van der Waals surface area contributed by atoms with Crippen molar-refractivity contribution in [3.05, 3.63) is 26.9 Å². The van der Waals surface area contributed by atoms with E-state index in [2.05, 4.69) is 50.1 Å². The highest BCUT2D eigenvalue weighted by Gasteiger charge is 2.16. The number of alkyl halides is 1. The van der Waals surface area contributed by atoms with Crippen LogP contribution in [0.5, 0.6) is 0 Å². The van der Waals surface area contributed by atoms with Crippen LogP contribution in [0.2, 0.25) is 0 Å². The first-order valence-corrected chi connectivity index (χ1v) is 6.93. The van der Waals surface area contributed by atoms with Gasteiger partial charge in [0.05, 0.1) is 7.95 Å². The second kappa shape index (κ2) is 3.86. The van der Waals surface area contributed by atoms with Gasteiger partial charge in [0, 0.05) is 9.78 Å². The van der Waals surface area contributed by atoms with Gasteiger partial charge < -0.3 is 0 Å². The summed E-state index contributed by atoms with van der Waals surface area (Å²) in [6, 6.07) is 4.27. The Hall–Kier alpha value is 0.750. The van der Waals surface area contributed by atoms with Gasteiger partial charge in [-0.3, -0.25) is 0 Å². The summed E-state index contributed by atoms with van der Waals surface area (Å²) < 4.78 is 1.78. The third kappa shape index (κ3) is 1.97. The quantitative estimate of drug-likeness (QED) is 0.674. The van der Waals surface area contributed by atoms with E-state index < -0.39 is 0 Å². The van der Waals surface area contributed by atoms with Crippen molar-refractivity contribution in [2.24, 2.45) is 0 Å². The van der Waals surface area contributed by atoms with Crippen LogP contribution in [0.1, 0.15) is 11.3 Å². The fourth-order valence-corrected chi connectivity index (χ4v) is 4.27. The summed E-state index contributed by atoms with van der Waals surface area (Å²) in [5.74, 6) is 0. The Morgan fingerprint density at radius 3 is 2.75 bits per heavy atom. The second-order valence-electron chi connectivity index (χ2n) is 2.44. The number of thioether (sulfide) groups is 1. The lowest BCUT2D eigenvalue weighted by Crippen LogP contribution is -1.77. The number of allylic oxidation sites excluding steroid dienone is 1. The largest absolute Gasteiger partial charge is 0.128 e. The molecule has 0 spiro atoms. The maximum Gasteiger partial charge on any atom is 0.0705 e. The number of rotatable bonds is 1. The molecule has 0 saturated heterocycles. The third-order valence-electron chi connectivity index (χ3n) is 1.56. The zero-order valence-corrected chi connectivity index (χ0v) is 10.9. The number of hydrogen-bond donors (Lipinski definition) is 0. The summed E-state index contributed by atoms with van der Waals surface area (Å²) in [4.78, 5) is 2.78. The van der Waals surface area contributed by atoms with Gasteiger partial charge in [0.1, 0.15) is 0 Å². The Kier molecular flexibility index (Phi) is 3.00. The van der Waals surface area contributed by atoms with E-state index >= 15 is 0 Å². The smallest absolute Gasteiger partial charge is 0.0705 e. The van der Waals surface area contributed by atoms with Crippen LogP contribution in [0.15, 0.2) is 22.0 Å². The Labute approximate surface area is 96.7 Å². The molecule has 0 fully saturated rings. The van der Waals surface area contributed by atoms with E-state index in [1.807, 2.05) is 11.8 Å². The average Bonchev–Trinajstić information content (AvgIpc) is 2.58. The molecule has 1 unspecified atom stereocenters. The predicted molar refractivity (Wildman–Crippen MR) is 64.9 cm³/mol. The van der Waals surface area contributed by atoms with Crippen molar-refractivity contribution in [3.8, 4) is 0 Å². The predicted octanol–water partition coefficient (Wildman–Crippen LogP) is 4.71. The molecule has 2 heterocycles. The van der Waals surface area contributed by atoms with Crippen LogP contribution in [-0.2, 0) is 0 Å². The van der Waals surface area contributed by atoms with Gasteiger partial charge in [0.15, 0.2) is 0 Å². The molecule has 1 aliphatic rings. The second-order valence-corrected chi connectivity index (χ2v) is 7.85. The summed E-state index contributed by atoms with van der Waals surface area (Å²) in [6.45, 7) is 0. The molecule has 1 aromatic rings. The SMILES string of the molecule is Brc1ccc(C2=CCC(Br)S2)s1. The van der Waals surface area contributed by atoms with Gasteiger partial charge in [-0.2, -0.15) is 0 Å². The summed E-state index contributed by atoms with van der Waals surface area (Å²) >= 11 is 10.7. The highest BCUT2D eigenvalue weighted by molar-refractivity contribution is 9.11. The fraction of sp³-hybridized carbons (Fsp3) is 0.250. The van der Waals surface area contributed by atoms with Crippen LogP contribution >= 0.6 is 55.0 Å². The van der Waals surface area contributed by atoms with Crippen molar-refractivity contribution < 1.29 is 0 Å². The van der Waals surface area contributed by atoms with E-state index in [1.165, 1.54) is 13.6 Å². The summed E-state index contributed by atoms with van der Waals surface area (Å²) in [5.41, 5.74) is 0. The van der Waals surface area contributed by atoms with Crippen molar-refractivity contribution in [3.63, 3.8) is 0 Å². The van der Waals surface area contributed by atoms with E-state index in [4.69, 9.17) is 0 Å². The van der Waals surface area contributed by atoms with Crippen LogP contribution < -0.4 is 0 Å². The molecule has 0 radical (unpaired) electrons. The molecule has 0 aliphatic carbocycles. The molecule has 1 aliphatic heterocycles. The first-order valence-electron chi connectivity index (χ1n) is 3.52. The van der Waals surface area contributed by atoms with Gasteiger partial charge in [-0.05, 0) is 34.5 Å². The first-order chi connectivity index (χ1) is 5.75. The van der Waals surface area contributed by atoms with Gasteiger partial charge in [0.2, 0.25) is 0 Å². The normalized spacial score (nSPS) is 22.8. The highest BCUT2D eigenvalue weighted by atomic mass is 79.9. The van der Waals surface area contributed by atoms with E-state index in [-0.39, 0.29) is 0 Å². The highest BCUT2D eigenvalue weighted by Crippen LogP contribution is 2.44. The van der Waals surface area contributed by atoms with E-state index in [9.17, 15) is 0 Å². The molecule has 0 amide bonds. The number of hydrogen-bond acceptors (Lipinski definition) is 2. The summed E-state index contributed by atoms with van der Waals surface area (Å²) in [6.07, 6.45) is 3.43. The molecule has 2 rings (SSSR count). The van der Waals surface area contributed by atoms with Gasteiger partial charge >= 0.3 is 0 Å². The van der Waals surface area contributed by atoms with Gasteiger partial charge in [0.25, 0.3) is 0 Å². The Morgan fingerprint density at radius 2 is 2.25 bits per heavy atom. The molecule has 0 aromatic carbocycles. The molecule has 0 saturated carbocycles. The van der Waals surface area contributed by atoms with Crippen molar-refractivity contribution in [1.82, 2.24) is 0 Å². The first kappa shape index (κ1) is 9.31. The van der Waals surface area contributed by atoms with Crippen LogP contribution in [0.3, 0.4) is 0 Å². The molecule has 0 nitrogen and oxygen atoms in total. The Bertz CT molecular complexity index is 317. The lowest BCUT2D eigenvalue weighted by Gasteiger charge is -1.98. The zero-order chi connectivity index (χ0) is 8.55. The van der Waals surface area contributed by atoms with Crippen LogP contribution in [0, 0.1) is 0 Å². The van der Waals surface area contributed by atoms with Crippen molar-refractivity contribution in [2.45, 2.75) is 10.6 Å². The molecule has 1 atom stereocenters. The molecule has 1 aromatic heterocycles. The molecular weight excluding hydrogens is 320 g/mol. The lowest BCUT2D eigenvalue weighted by molar-refractivity contribution is 1.23. The maximum atomic E-state index is 3.59. The van der Waals surface area contributed by atoms with Gasteiger partial charge in [-0.25, -0.2) is 0 Å². The van der Waals surface area contributed by atoms with E-state index in [0.717, 1.165) is 6.42 Å². The minimum Gasteiger partial charge on any atom is -0.128 e. The molecule has 4 heteroatoms. The van der Waals surface area contributed by atoms with Crippen molar-refractivity contribution in [2.75, 3.05) is 0 Å². The lowest BCUT2D eigenvalue weighted by atomic mass is 10.4. The molecule has 0 bridgehead atoms. The van der Waals surface area contributed by atoms with Crippen LogP contribution in [-0.4, -0.2) is 4.16 Å². The minimum absolute atomic E-state index is 0.577.